The molecule has 0 heterocycles. The molecule has 0 spiro atoms. The van der Waals surface area contributed by atoms with Crippen molar-refractivity contribution < 1.29 is 0 Å². The SMILES string of the molecule is CC=N/C(C)=C(\C=C/C)C(/C)=N\C(=C/C)C1CC(C)(C)CC(C)(C)C1. The second kappa shape index (κ2) is 8.78. The van der Waals surface area contributed by atoms with E-state index in [-0.39, 0.29) is 0 Å². The molecule has 0 atom stereocenters. The fourth-order valence-corrected chi connectivity index (χ4v) is 4.63. The van der Waals surface area contributed by atoms with Gasteiger partial charge in [0.15, 0.2) is 0 Å². The van der Waals surface area contributed by atoms with Crippen LogP contribution in [0.15, 0.2) is 45.2 Å². The zero-order valence-corrected chi connectivity index (χ0v) is 17.9. The van der Waals surface area contributed by atoms with Gasteiger partial charge in [0.25, 0.3) is 0 Å². The first-order valence-electron chi connectivity index (χ1n) is 9.59. The molecule has 0 aromatic carbocycles. The largest absolute Gasteiger partial charge is 0.266 e. The van der Waals surface area contributed by atoms with Crippen LogP contribution in [0.4, 0.5) is 0 Å². The standard InChI is InChI=1S/C23H38N2/c1-10-13-20(17(4)24-12-3)18(5)25-21(11-2)19-14-22(6,7)16-23(8,9)15-19/h10-13,19H,14-16H2,1-9H3/b13-10-,20-17+,21-11-,24-12?,25-18-. The molecular weight excluding hydrogens is 304 g/mol. The maximum atomic E-state index is 5.07. The van der Waals surface area contributed by atoms with Crippen LogP contribution in [0, 0.1) is 16.7 Å². The summed E-state index contributed by atoms with van der Waals surface area (Å²) in [6.45, 7) is 19.9. The lowest BCUT2D eigenvalue weighted by Crippen LogP contribution is -2.34. The van der Waals surface area contributed by atoms with Gasteiger partial charge in [0, 0.05) is 34.8 Å². The molecule has 1 rings (SSSR count). The minimum atomic E-state index is 0.370. The maximum absolute atomic E-state index is 5.07. The van der Waals surface area contributed by atoms with Gasteiger partial charge in [-0.1, -0.05) is 45.9 Å². The van der Waals surface area contributed by atoms with Gasteiger partial charge in [-0.15, -0.1) is 0 Å². The summed E-state index contributed by atoms with van der Waals surface area (Å²) in [6, 6.07) is 0. The van der Waals surface area contributed by atoms with Crippen LogP contribution in [0.3, 0.4) is 0 Å². The van der Waals surface area contributed by atoms with E-state index in [9.17, 15) is 0 Å². The third kappa shape index (κ3) is 6.41. The maximum Gasteiger partial charge on any atom is 0.0466 e. The van der Waals surface area contributed by atoms with Crippen LogP contribution in [0.5, 0.6) is 0 Å². The molecule has 0 unspecified atom stereocenters. The molecule has 0 aliphatic heterocycles. The summed E-state index contributed by atoms with van der Waals surface area (Å²) in [6.07, 6.45) is 11.9. The molecular formula is C23H38N2. The van der Waals surface area contributed by atoms with Gasteiger partial charge < -0.3 is 0 Å². The highest BCUT2D eigenvalue weighted by Gasteiger charge is 2.39. The first-order valence-corrected chi connectivity index (χ1v) is 9.59. The van der Waals surface area contributed by atoms with Gasteiger partial charge in [-0.3, -0.25) is 9.98 Å². The molecule has 0 aromatic rings. The van der Waals surface area contributed by atoms with E-state index in [1.165, 1.54) is 25.0 Å². The molecule has 140 valence electrons. The lowest BCUT2D eigenvalue weighted by molar-refractivity contribution is 0.0813. The van der Waals surface area contributed by atoms with Crippen molar-refractivity contribution in [1.82, 2.24) is 0 Å². The van der Waals surface area contributed by atoms with Crippen molar-refractivity contribution in [2.75, 3.05) is 0 Å². The van der Waals surface area contributed by atoms with Crippen LogP contribution in [0.2, 0.25) is 0 Å². The molecule has 0 aromatic heterocycles. The van der Waals surface area contributed by atoms with E-state index in [1.807, 2.05) is 20.1 Å². The van der Waals surface area contributed by atoms with E-state index in [0.717, 1.165) is 17.0 Å². The van der Waals surface area contributed by atoms with Crippen LogP contribution in [-0.2, 0) is 0 Å². The second-order valence-corrected chi connectivity index (χ2v) is 8.91. The first kappa shape index (κ1) is 21.6. The lowest BCUT2D eigenvalue weighted by atomic mass is 9.61. The Labute approximate surface area is 155 Å². The molecule has 2 nitrogen and oxygen atoms in total. The Balaban J connectivity index is 3.23. The number of nitrogens with zero attached hydrogens (tertiary/aromatic N) is 2. The van der Waals surface area contributed by atoms with E-state index >= 15 is 0 Å². The van der Waals surface area contributed by atoms with Crippen LogP contribution < -0.4 is 0 Å². The summed E-state index contributed by atoms with van der Waals surface area (Å²) in [5, 5.41) is 0. The van der Waals surface area contributed by atoms with Crippen molar-refractivity contribution in [3.05, 3.63) is 35.2 Å². The monoisotopic (exact) mass is 342 g/mol. The predicted molar refractivity (Wildman–Crippen MR) is 113 cm³/mol. The summed E-state index contributed by atoms with van der Waals surface area (Å²) in [5.74, 6) is 0.528. The van der Waals surface area contributed by atoms with Gasteiger partial charge in [-0.2, -0.15) is 0 Å². The summed E-state index contributed by atoms with van der Waals surface area (Å²) >= 11 is 0. The van der Waals surface area contributed by atoms with Crippen LogP contribution in [0.1, 0.15) is 81.6 Å². The molecule has 1 aliphatic carbocycles. The highest BCUT2D eigenvalue weighted by molar-refractivity contribution is 6.02. The zero-order chi connectivity index (χ0) is 19.3. The quantitative estimate of drug-likeness (QED) is 0.374. The molecule has 0 bridgehead atoms. The Kier molecular flexibility index (Phi) is 7.59. The number of hydrogen-bond donors (Lipinski definition) is 0. The first-order chi connectivity index (χ1) is 11.5. The van der Waals surface area contributed by atoms with Crippen LogP contribution >= 0.6 is 0 Å². The molecule has 2 heteroatoms. The highest BCUT2D eigenvalue weighted by Crippen LogP contribution is 2.50. The van der Waals surface area contributed by atoms with E-state index < -0.39 is 0 Å². The molecule has 25 heavy (non-hydrogen) atoms. The molecule has 1 fully saturated rings. The molecule has 1 aliphatic rings. The Morgan fingerprint density at radius 1 is 0.960 bits per heavy atom. The van der Waals surface area contributed by atoms with Crippen LogP contribution in [-0.4, -0.2) is 11.9 Å². The molecule has 1 saturated carbocycles. The minimum absolute atomic E-state index is 0.370. The fourth-order valence-electron chi connectivity index (χ4n) is 4.63. The number of rotatable bonds is 5. The van der Waals surface area contributed by atoms with Crippen molar-refractivity contribution in [2.45, 2.75) is 81.6 Å². The van der Waals surface area contributed by atoms with Crippen molar-refractivity contribution in [3.8, 4) is 0 Å². The number of allylic oxidation sites excluding steroid dienone is 6. The van der Waals surface area contributed by atoms with Crippen molar-refractivity contribution in [2.24, 2.45) is 26.7 Å². The average Bonchev–Trinajstić information content (AvgIpc) is 2.46. The molecule has 0 N–H and O–H groups in total. The Bertz CT molecular complexity index is 594. The van der Waals surface area contributed by atoms with Crippen LogP contribution in [0.25, 0.3) is 0 Å². The predicted octanol–water partition coefficient (Wildman–Crippen LogP) is 7.14. The number of hydrogen-bond acceptors (Lipinski definition) is 2. The lowest BCUT2D eigenvalue weighted by Gasteiger charge is -2.45. The van der Waals surface area contributed by atoms with Gasteiger partial charge in [0.2, 0.25) is 0 Å². The third-order valence-electron chi connectivity index (χ3n) is 5.00. The molecule has 0 saturated heterocycles. The van der Waals surface area contributed by atoms with Crippen molar-refractivity contribution >= 4 is 11.9 Å². The fraction of sp³-hybridized carbons (Fsp3) is 0.652. The molecule has 0 radical (unpaired) electrons. The Morgan fingerprint density at radius 3 is 1.96 bits per heavy atom. The average molecular weight is 343 g/mol. The number of aliphatic imine (C=N–C) groups is 2. The second-order valence-electron chi connectivity index (χ2n) is 8.91. The van der Waals surface area contributed by atoms with Crippen molar-refractivity contribution in [1.29, 1.82) is 0 Å². The van der Waals surface area contributed by atoms with Gasteiger partial charge >= 0.3 is 0 Å². The third-order valence-corrected chi connectivity index (χ3v) is 5.00. The smallest absolute Gasteiger partial charge is 0.0466 e. The topological polar surface area (TPSA) is 24.7 Å². The molecule has 0 amide bonds. The minimum Gasteiger partial charge on any atom is -0.266 e. The van der Waals surface area contributed by atoms with E-state index in [0.29, 0.717) is 16.7 Å². The van der Waals surface area contributed by atoms with Gasteiger partial charge in [0.05, 0.1) is 0 Å². The summed E-state index contributed by atoms with van der Waals surface area (Å²) < 4.78 is 0. The summed E-state index contributed by atoms with van der Waals surface area (Å²) in [4.78, 5) is 9.53. The Hall–Kier alpha value is -1.44. The Morgan fingerprint density at radius 2 is 1.52 bits per heavy atom. The summed E-state index contributed by atoms with van der Waals surface area (Å²) in [7, 11) is 0. The van der Waals surface area contributed by atoms with E-state index in [1.54, 1.807) is 0 Å². The van der Waals surface area contributed by atoms with Gasteiger partial charge in [-0.05, 0) is 64.7 Å². The van der Waals surface area contributed by atoms with Crippen molar-refractivity contribution in [3.63, 3.8) is 0 Å². The normalized spacial score (nSPS) is 23.4. The summed E-state index contributed by atoms with van der Waals surface area (Å²) in [5.41, 5.74) is 5.16. The zero-order valence-electron chi connectivity index (χ0n) is 17.9. The van der Waals surface area contributed by atoms with Gasteiger partial charge in [-0.25, -0.2) is 0 Å². The van der Waals surface area contributed by atoms with Gasteiger partial charge in [0.1, 0.15) is 0 Å². The van der Waals surface area contributed by atoms with E-state index in [2.05, 4.69) is 71.7 Å². The van der Waals surface area contributed by atoms with E-state index in [4.69, 9.17) is 4.99 Å². The highest BCUT2D eigenvalue weighted by atomic mass is 14.8.